The van der Waals surface area contributed by atoms with Crippen molar-refractivity contribution in [1.29, 1.82) is 0 Å². The van der Waals surface area contributed by atoms with Crippen LogP contribution in [0.15, 0.2) is 48.5 Å². The third kappa shape index (κ3) is 4.75. The SMILES string of the molecule is Cc1cccc(OCC(=O)Nc2cccc(OC3CCCC3)c2)c1. The number of ether oxygens (including phenoxy) is 2. The Morgan fingerprint density at radius 1 is 1.08 bits per heavy atom. The Hall–Kier alpha value is -2.49. The van der Waals surface area contributed by atoms with Gasteiger partial charge in [0, 0.05) is 11.8 Å². The molecule has 2 aromatic rings. The summed E-state index contributed by atoms with van der Waals surface area (Å²) in [6.45, 7) is 1.97. The van der Waals surface area contributed by atoms with Crippen molar-refractivity contribution < 1.29 is 14.3 Å². The van der Waals surface area contributed by atoms with E-state index in [9.17, 15) is 4.79 Å². The van der Waals surface area contributed by atoms with E-state index in [0.29, 0.717) is 11.9 Å². The van der Waals surface area contributed by atoms with Crippen LogP contribution in [0.25, 0.3) is 0 Å². The first-order valence-electron chi connectivity index (χ1n) is 8.45. The van der Waals surface area contributed by atoms with Crippen LogP contribution in [0.3, 0.4) is 0 Å². The first-order valence-corrected chi connectivity index (χ1v) is 8.45. The molecular formula is C20H23NO3. The number of amides is 1. The lowest BCUT2D eigenvalue weighted by Crippen LogP contribution is -2.20. The van der Waals surface area contributed by atoms with Crippen molar-refractivity contribution in [3.05, 3.63) is 54.1 Å². The molecule has 0 radical (unpaired) electrons. The third-order valence-corrected chi connectivity index (χ3v) is 4.08. The van der Waals surface area contributed by atoms with Gasteiger partial charge in [0.2, 0.25) is 0 Å². The number of carbonyl (C=O) groups excluding carboxylic acids is 1. The van der Waals surface area contributed by atoms with Crippen LogP contribution in [0.2, 0.25) is 0 Å². The van der Waals surface area contributed by atoms with Gasteiger partial charge in [-0.3, -0.25) is 4.79 Å². The monoisotopic (exact) mass is 325 g/mol. The van der Waals surface area contributed by atoms with Crippen LogP contribution in [0.5, 0.6) is 11.5 Å². The van der Waals surface area contributed by atoms with Crippen molar-refractivity contribution in [2.24, 2.45) is 0 Å². The van der Waals surface area contributed by atoms with E-state index in [-0.39, 0.29) is 12.5 Å². The lowest BCUT2D eigenvalue weighted by molar-refractivity contribution is -0.118. The fourth-order valence-electron chi connectivity index (χ4n) is 2.90. The lowest BCUT2D eigenvalue weighted by atomic mass is 10.2. The number of anilines is 1. The van der Waals surface area contributed by atoms with Gasteiger partial charge >= 0.3 is 0 Å². The molecule has 0 heterocycles. The molecule has 1 aliphatic carbocycles. The van der Waals surface area contributed by atoms with Gasteiger partial charge < -0.3 is 14.8 Å². The van der Waals surface area contributed by atoms with Gasteiger partial charge in [0.05, 0.1) is 6.10 Å². The molecule has 0 aliphatic heterocycles. The zero-order valence-electron chi connectivity index (χ0n) is 14.0. The maximum Gasteiger partial charge on any atom is 0.262 e. The van der Waals surface area contributed by atoms with Crippen LogP contribution in [0.1, 0.15) is 31.2 Å². The quantitative estimate of drug-likeness (QED) is 0.860. The Kier molecular flexibility index (Phi) is 5.36. The van der Waals surface area contributed by atoms with Crippen molar-refractivity contribution in [3.63, 3.8) is 0 Å². The summed E-state index contributed by atoms with van der Waals surface area (Å²) < 4.78 is 11.5. The van der Waals surface area contributed by atoms with Crippen LogP contribution in [-0.2, 0) is 4.79 Å². The van der Waals surface area contributed by atoms with Gasteiger partial charge in [0.1, 0.15) is 11.5 Å². The predicted octanol–water partition coefficient (Wildman–Crippen LogP) is 4.33. The summed E-state index contributed by atoms with van der Waals surface area (Å²) in [7, 11) is 0. The molecule has 0 atom stereocenters. The minimum absolute atomic E-state index is 0.0167. The summed E-state index contributed by atoms with van der Waals surface area (Å²) in [6, 6.07) is 15.2. The zero-order chi connectivity index (χ0) is 16.8. The van der Waals surface area contributed by atoms with Gasteiger partial charge in [0.25, 0.3) is 5.91 Å². The van der Waals surface area contributed by atoms with Crippen molar-refractivity contribution in [3.8, 4) is 11.5 Å². The molecule has 3 rings (SSSR count). The fraction of sp³-hybridized carbons (Fsp3) is 0.350. The number of aryl methyl sites for hydroxylation is 1. The summed E-state index contributed by atoms with van der Waals surface area (Å²) in [6.07, 6.45) is 5.00. The molecule has 1 N–H and O–H groups in total. The Balaban J connectivity index is 1.52. The van der Waals surface area contributed by atoms with Crippen LogP contribution < -0.4 is 14.8 Å². The zero-order valence-corrected chi connectivity index (χ0v) is 14.0. The molecule has 126 valence electrons. The normalized spacial score (nSPS) is 14.4. The molecule has 0 bridgehead atoms. The summed E-state index contributed by atoms with van der Waals surface area (Å²) in [5, 5.41) is 2.85. The second-order valence-corrected chi connectivity index (χ2v) is 6.21. The van der Waals surface area contributed by atoms with E-state index in [1.165, 1.54) is 12.8 Å². The van der Waals surface area contributed by atoms with Gasteiger partial charge in [-0.2, -0.15) is 0 Å². The average molecular weight is 325 g/mol. The minimum Gasteiger partial charge on any atom is -0.490 e. The standard InChI is InChI=1S/C20H23NO3/c1-15-6-4-10-18(12-15)23-14-20(22)21-16-7-5-11-19(13-16)24-17-8-2-3-9-17/h4-7,10-13,17H,2-3,8-9,14H2,1H3,(H,21,22). The van der Waals surface area contributed by atoms with E-state index >= 15 is 0 Å². The molecule has 1 fully saturated rings. The predicted molar refractivity (Wildman–Crippen MR) is 94.6 cm³/mol. The molecular weight excluding hydrogens is 302 g/mol. The van der Waals surface area contributed by atoms with Crippen molar-refractivity contribution in [2.75, 3.05) is 11.9 Å². The molecule has 2 aromatic carbocycles. The molecule has 1 amide bonds. The first-order chi connectivity index (χ1) is 11.7. The highest BCUT2D eigenvalue weighted by molar-refractivity contribution is 5.92. The largest absolute Gasteiger partial charge is 0.490 e. The Bertz CT molecular complexity index is 693. The van der Waals surface area contributed by atoms with Crippen LogP contribution in [0.4, 0.5) is 5.69 Å². The summed E-state index contributed by atoms with van der Waals surface area (Å²) in [5.74, 6) is 1.32. The average Bonchev–Trinajstić information content (AvgIpc) is 3.06. The Morgan fingerprint density at radius 2 is 1.83 bits per heavy atom. The van der Waals surface area contributed by atoms with Crippen molar-refractivity contribution in [1.82, 2.24) is 0 Å². The van der Waals surface area contributed by atoms with E-state index in [2.05, 4.69) is 5.32 Å². The maximum atomic E-state index is 12.0. The smallest absolute Gasteiger partial charge is 0.262 e. The van der Waals surface area contributed by atoms with Gasteiger partial charge in [-0.05, 0) is 62.4 Å². The fourth-order valence-corrected chi connectivity index (χ4v) is 2.90. The minimum atomic E-state index is -0.186. The highest BCUT2D eigenvalue weighted by Gasteiger charge is 2.16. The van der Waals surface area contributed by atoms with Gasteiger partial charge in [-0.1, -0.05) is 18.2 Å². The number of benzene rings is 2. The van der Waals surface area contributed by atoms with Gasteiger partial charge in [-0.25, -0.2) is 0 Å². The number of hydrogen-bond acceptors (Lipinski definition) is 3. The molecule has 0 saturated heterocycles. The molecule has 1 aliphatic rings. The van der Waals surface area contributed by atoms with Crippen LogP contribution in [0, 0.1) is 6.92 Å². The van der Waals surface area contributed by atoms with Crippen molar-refractivity contribution >= 4 is 11.6 Å². The van der Waals surface area contributed by atoms with Crippen LogP contribution >= 0.6 is 0 Å². The summed E-state index contributed by atoms with van der Waals surface area (Å²) in [5.41, 5.74) is 1.83. The van der Waals surface area contributed by atoms with Gasteiger partial charge in [0.15, 0.2) is 6.61 Å². The number of hydrogen-bond donors (Lipinski definition) is 1. The molecule has 1 saturated carbocycles. The second kappa shape index (κ2) is 7.86. The molecule has 0 spiro atoms. The number of carbonyl (C=O) groups is 1. The highest BCUT2D eigenvalue weighted by Crippen LogP contribution is 2.25. The maximum absolute atomic E-state index is 12.0. The molecule has 4 heteroatoms. The Morgan fingerprint density at radius 3 is 2.62 bits per heavy atom. The van der Waals surface area contributed by atoms with E-state index in [1.807, 2.05) is 55.5 Å². The van der Waals surface area contributed by atoms with Crippen LogP contribution in [-0.4, -0.2) is 18.6 Å². The summed E-state index contributed by atoms with van der Waals surface area (Å²) >= 11 is 0. The van der Waals surface area contributed by atoms with Crippen molar-refractivity contribution in [2.45, 2.75) is 38.7 Å². The van der Waals surface area contributed by atoms with E-state index in [4.69, 9.17) is 9.47 Å². The third-order valence-electron chi connectivity index (χ3n) is 4.08. The lowest BCUT2D eigenvalue weighted by Gasteiger charge is -2.14. The van der Waals surface area contributed by atoms with E-state index < -0.39 is 0 Å². The van der Waals surface area contributed by atoms with E-state index in [0.717, 1.165) is 29.8 Å². The molecule has 24 heavy (non-hydrogen) atoms. The Labute approximate surface area is 142 Å². The first kappa shape index (κ1) is 16.4. The van der Waals surface area contributed by atoms with Gasteiger partial charge in [-0.15, -0.1) is 0 Å². The number of nitrogens with one attached hydrogen (secondary N) is 1. The topological polar surface area (TPSA) is 47.6 Å². The summed E-state index contributed by atoms with van der Waals surface area (Å²) in [4.78, 5) is 12.0. The number of rotatable bonds is 6. The molecule has 4 nitrogen and oxygen atoms in total. The second-order valence-electron chi connectivity index (χ2n) is 6.21. The molecule has 0 aromatic heterocycles. The highest BCUT2D eigenvalue weighted by atomic mass is 16.5. The molecule has 0 unspecified atom stereocenters. The van der Waals surface area contributed by atoms with E-state index in [1.54, 1.807) is 0 Å².